The Balaban J connectivity index is 2.06. The highest BCUT2D eigenvalue weighted by atomic mass is 79.9. The number of halogens is 3. The molecule has 0 bridgehead atoms. The Morgan fingerprint density at radius 1 is 1.30 bits per heavy atom. The van der Waals surface area contributed by atoms with Crippen LogP contribution >= 0.6 is 27.5 Å². The van der Waals surface area contributed by atoms with Crippen molar-refractivity contribution in [2.75, 3.05) is 6.61 Å². The normalized spacial score (nSPS) is 14.8. The van der Waals surface area contributed by atoms with E-state index < -0.39 is 6.10 Å². The van der Waals surface area contributed by atoms with Crippen molar-refractivity contribution < 1.29 is 14.2 Å². The Bertz CT molecular complexity index is 675. The average Bonchev–Trinajstić information content (AvgIpc) is 2.88. The monoisotopic (exact) mass is 356 g/mol. The number of ether oxygens (including phenoxy) is 1. The molecule has 1 unspecified atom stereocenters. The summed E-state index contributed by atoms with van der Waals surface area (Å²) in [5.74, 6) is 0.316. The molecule has 20 heavy (non-hydrogen) atoms. The highest BCUT2D eigenvalue weighted by Gasteiger charge is 2.23. The summed E-state index contributed by atoms with van der Waals surface area (Å²) >= 11 is 9.20. The molecule has 1 N–H and O–H groups in total. The van der Waals surface area contributed by atoms with Gasteiger partial charge in [0.15, 0.2) is 0 Å². The van der Waals surface area contributed by atoms with E-state index in [9.17, 15) is 9.50 Å². The number of fused-ring (bicyclic) bond motifs is 1. The molecule has 0 radical (unpaired) electrons. The van der Waals surface area contributed by atoms with Gasteiger partial charge < -0.3 is 9.84 Å². The third-order valence-electron chi connectivity index (χ3n) is 3.33. The van der Waals surface area contributed by atoms with Crippen molar-refractivity contribution in [2.45, 2.75) is 12.5 Å². The van der Waals surface area contributed by atoms with Crippen LogP contribution in [0.5, 0.6) is 5.75 Å². The van der Waals surface area contributed by atoms with Gasteiger partial charge in [-0.25, -0.2) is 4.39 Å². The fourth-order valence-corrected chi connectivity index (χ4v) is 3.01. The third-order valence-corrected chi connectivity index (χ3v) is 4.16. The molecule has 0 amide bonds. The van der Waals surface area contributed by atoms with Crippen molar-refractivity contribution in [3.05, 3.63) is 62.3 Å². The molecule has 2 aromatic carbocycles. The van der Waals surface area contributed by atoms with Crippen LogP contribution in [0.3, 0.4) is 0 Å². The van der Waals surface area contributed by atoms with Crippen LogP contribution in [0, 0.1) is 5.82 Å². The van der Waals surface area contributed by atoms with Gasteiger partial charge in [-0.15, -0.1) is 0 Å². The number of hydrogen-bond donors (Lipinski definition) is 1. The van der Waals surface area contributed by atoms with Crippen LogP contribution < -0.4 is 4.74 Å². The summed E-state index contributed by atoms with van der Waals surface area (Å²) in [6.45, 7) is 0.586. The number of benzene rings is 2. The molecule has 104 valence electrons. The molecule has 1 heterocycles. The lowest BCUT2D eigenvalue weighted by atomic mass is 9.98. The summed E-state index contributed by atoms with van der Waals surface area (Å²) in [5.41, 5.74) is 2.19. The van der Waals surface area contributed by atoms with Crippen LogP contribution in [0.25, 0.3) is 0 Å². The Morgan fingerprint density at radius 2 is 2.10 bits per heavy atom. The molecular weight excluding hydrogens is 347 g/mol. The SMILES string of the molecule is OC(c1ccc(F)c(Br)c1)c1cc(Cl)cc2c1OCC2. The topological polar surface area (TPSA) is 29.5 Å². The highest BCUT2D eigenvalue weighted by Crippen LogP contribution is 2.39. The summed E-state index contributed by atoms with van der Waals surface area (Å²) in [7, 11) is 0. The van der Waals surface area contributed by atoms with E-state index in [0.29, 0.717) is 33.0 Å². The van der Waals surface area contributed by atoms with Crippen LogP contribution in [0.2, 0.25) is 5.02 Å². The predicted octanol–water partition coefficient (Wildman–Crippen LogP) is 4.26. The van der Waals surface area contributed by atoms with Gasteiger partial charge in [-0.1, -0.05) is 17.7 Å². The summed E-state index contributed by atoms with van der Waals surface area (Å²) in [6, 6.07) is 7.96. The molecule has 1 atom stereocenters. The molecule has 5 heteroatoms. The summed E-state index contributed by atoms with van der Waals surface area (Å²) in [4.78, 5) is 0. The second-order valence-corrected chi connectivity index (χ2v) is 5.95. The molecule has 2 aromatic rings. The number of hydrogen-bond acceptors (Lipinski definition) is 2. The van der Waals surface area contributed by atoms with E-state index >= 15 is 0 Å². The van der Waals surface area contributed by atoms with Crippen molar-refractivity contribution in [3.63, 3.8) is 0 Å². The van der Waals surface area contributed by atoms with Gasteiger partial charge in [0.2, 0.25) is 0 Å². The van der Waals surface area contributed by atoms with E-state index in [1.54, 1.807) is 18.2 Å². The highest BCUT2D eigenvalue weighted by molar-refractivity contribution is 9.10. The zero-order chi connectivity index (χ0) is 14.3. The Labute approximate surface area is 129 Å². The van der Waals surface area contributed by atoms with Gasteiger partial charge in [-0.05, 0) is 51.3 Å². The molecule has 0 aliphatic carbocycles. The molecule has 0 saturated heterocycles. The second-order valence-electron chi connectivity index (χ2n) is 4.66. The molecule has 0 aromatic heterocycles. The predicted molar refractivity (Wildman–Crippen MR) is 78.8 cm³/mol. The Morgan fingerprint density at radius 3 is 2.85 bits per heavy atom. The first-order valence-corrected chi connectivity index (χ1v) is 7.31. The fraction of sp³-hybridized carbons (Fsp3) is 0.200. The number of aliphatic hydroxyl groups is 1. The largest absolute Gasteiger partial charge is 0.493 e. The van der Waals surface area contributed by atoms with E-state index in [2.05, 4.69) is 15.9 Å². The van der Waals surface area contributed by atoms with Gasteiger partial charge in [-0.3, -0.25) is 0 Å². The molecule has 3 rings (SSSR count). The standard InChI is InChI=1S/C15H11BrClFO2/c16-12-6-8(1-2-13(12)18)14(19)11-7-10(17)5-9-3-4-20-15(9)11/h1-2,5-7,14,19H,3-4H2. The van der Waals surface area contributed by atoms with Crippen molar-refractivity contribution >= 4 is 27.5 Å². The molecule has 1 aliphatic heterocycles. The second kappa shape index (κ2) is 5.35. The molecule has 0 saturated carbocycles. The number of rotatable bonds is 2. The maximum atomic E-state index is 13.3. The average molecular weight is 358 g/mol. The molecule has 0 fully saturated rings. The Hall–Kier alpha value is -1.10. The van der Waals surface area contributed by atoms with Crippen molar-refractivity contribution in [3.8, 4) is 5.75 Å². The van der Waals surface area contributed by atoms with Gasteiger partial charge in [0.05, 0.1) is 11.1 Å². The van der Waals surface area contributed by atoms with E-state index in [4.69, 9.17) is 16.3 Å². The lowest BCUT2D eigenvalue weighted by molar-refractivity contribution is 0.213. The minimum absolute atomic E-state index is 0.314. The first-order valence-electron chi connectivity index (χ1n) is 6.14. The lowest BCUT2D eigenvalue weighted by Crippen LogP contribution is -2.03. The molecule has 2 nitrogen and oxygen atoms in total. The Kier molecular flexibility index (Phi) is 3.71. The van der Waals surface area contributed by atoms with E-state index in [1.165, 1.54) is 6.07 Å². The van der Waals surface area contributed by atoms with Crippen molar-refractivity contribution in [2.24, 2.45) is 0 Å². The van der Waals surface area contributed by atoms with Gasteiger partial charge >= 0.3 is 0 Å². The van der Waals surface area contributed by atoms with Gasteiger partial charge in [0, 0.05) is 17.0 Å². The molecular formula is C15H11BrClFO2. The van der Waals surface area contributed by atoms with Gasteiger partial charge in [0.25, 0.3) is 0 Å². The number of aliphatic hydroxyl groups excluding tert-OH is 1. The zero-order valence-electron chi connectivity index (χ0n) is 10.4. The summed E-state index contributed by atoms with van der Waals surface area (Å²) in [6.07, 6.45) is -0.125. The molecule has 1 aliphatic rings. The smallest absolute Gasteiger partial charge is 0.137 e. The van der Waals surface area contributed by atoms with Crippen LogP contribution in [0.15, 0.2) is 34.8 Å². The minimum Gasteiger partial charge on any atom is -0.493 e. The lowest BCUT2D eigenvalue weighted by Gasteiger charge is -2.16. The summed E-state index contributed by atoms with van der Waals surface area (Å²) < 4.78 is 19.2. The van der Waals surface area contributed by atoms with E-state index in [-0.39, 0.29) is 5.82 Å². The maximum Gasteiger partial charge on any atom is 0.137 e. The minimum atomic E-state index is -0.905. The first-order chi connectivity index (χ1) is 9.56. The van der Waals surface area contributed by atoms with Crippen LogP contribution in [-0.2, 0) is 6.42 Å². The van der Waals surface area contributed by atoms with Crippen LogP contribution in [0.4, 0.5) is 4.39 Å². The third kappa shape index (κ3) is 2.43. The van der Waals surface area contributed by atoms with Crippen molar-refractivity contribution in [1.29, 1.82) is 0 Å². The molecule has 0 spiro atoms. The van der Waals surface area contributed by atoms with E-state index in [0.717, 1.165) is 12.0 Å². The van der Waals surface area contributed by atoms with Crippen LogP contribution in [0.1, 0.15) is 22.8 Å². The quantitative estimate of drug-likeness (QED) is 0.870. The van der Waals surface area contributed by atoms with Gasteiger partial charge in [-0.2, -0.15) is 0 Å². The van der Waals surface area contributed by atoms with E-state index in [1.807, 2.05) is 6.07 Å². The van der Waals surface area contributed by atoms with Crippen LogP contribution in [-0.4, -0.2) is 11.7 Å². The maximum absolute atomic E-state index is 13.3. The zero-order valence-corrected chi connectivity index (χ0v) is 12.7. The van der Waals surface area contributed by atoms with Crippen molar-refractivity contribution in [1.82, 2.24) is 0 Å². The van der Waals surface area contributed by atoms with Gasteiger partial charge in [0.1, 0.15) is 17.7 Å². The summed E-state index contributed by atoms with van der Waals surface area (Å²) in [5, 5.41) is 11.1. The first kappa shape index (κ1) is 13.9. The fourth-order valence-electron chi connectivity index (χ4n) is 2.36.